The molecule has 2 aromatic carbocycles. The van der Waals surface area contributed by atoms with Crippen molar-refractivity contribution in [3.63, 3.8) is 0 Å². The minimum Gasteiger partial charge on any atom is -0.263 e. The van der Waals surface area contributed by atoms with Crippen molar-refractivity contribution in [1.29, 1.82) is 0 Å². The van der Waals surface area contributed by atoms with Gasteiger partial charge in [0.15, 0.2) is 5.00 Å². The van der Waals surface area contributed by atoms with Crippen LogP contribution in [-0.2, 0) is 0 Å². The molecule has 1 nitrogen and oxygen atoms in total. The van der Waals surface area contributed by atoms with Crippen LogP contribution in [0.4, 0.5) is 10.7 Å². The monoisotopic (exact) mass is 318 g/mol. The van der Waals surface area contributed by atoms with E-state index in [0.717, 1.165) is 12.8 Å². The molecule has 1 heterocycles. The fraction of sp³-hybridized carbons (Fsp3) is 0.143. The van der Waals surface area contributed by atoms with Gasteiger partial charge in [0.1, 0.15) is 5.69 Å². The number of thiophene rings is 1. The van der Waals surface area contributed by atoms with E-state index in [1.807, 2.05) is 11.3 Å². The summed E-state index contributed by atoms with van der Waals surface area (Å²) in [7, 11) is 2.24. The predicted molar refractivity (Wildman–Crippen MR) is 101 cm³/mol. The molecule has 0 aliphatic heterocycles. The van der Waals surface area contributed by atoms with Gasteiger partial charge in [-0.25, -0.2) is 0 Å². The molecule has 0 bridgehead atoms. The van der Waals surface area contributed by atoms with Gasteiger partial charge < -0.3 is 0 Å². The molecule has 1 aromatic heterocycles. The van der Waals surface area contributed by atoms with Gasteiger partial charge >= 0.3 is 0 Å². The maximum absolute atomic E-state index is 2.28. The molecule has 1 N–H and O–H groups in total. The molecule has 0 radical (unpaired) electrons. The zero-order valence-electron chi connectivity index (χ0n) is 13.3. The van der Waals surface area contributed by atoms with E-state index in [2.05, 4.69) is 79.9 Å². The van der Waals surface area contributed by atoms with E-state index < -0.39 is 0 Å². The number of allylic oxidation sites excluding steroid dienone is 4. The van der Waals surface area contributed by atoms with Crippen LogP contribution in [0.25, 0.3) is 16.3 Å². The van der Waals surface area contributed by atoms with E-state index in [0.29, 0.717) is 0 Å². The summed E-state index contributed by atoms with van der Waals surface area (Å²) in [6.45, 7) is 0. The van der Waals surface area contributed by atoms with Crippen molar-refractivity contribution in [3.05, 3.63) is 77.7 Å². The van der Waals surface area contributed by atoms with Crippen LogP contribution in [0.2, 0.25) is 0 Å². The Morgan fingerprint density at radius 3 is 2.70 bits per heavy atom. The maximum Gasteiger partial charge on any atom is 0.192 e. The summed E-state index contributed by atoms with van der Waals surface area (Å²) in [6.07, 6.45) is 8.99. The van der Waals surface area contributed by atoms with Crippen LogP contribution in [0.3, 0.4) is 0 Å². The molecule has 0 amide bonds. The molecule has 1 aliphatic rings. The third kappa shape index (κ3) is 2.76. The van der Waals surface area contributed by atoms with Crippen molar-refractivity contribution in [2.75, 3.05) is 7.05 Å². The van der Waals surface area contributed by atoms with Crippen LogP contribution in [-0.4, -0.2) is 7.05 Å². The zero-order chi connectivity index (χ0) is 15.6. The van der Waals surface area contributed by atoms with Crippen LogP contribution in [0.15, 0.2) is 72.8 Å². The minimum atomic E-state index is 1.16. The first kappa shape index (κ1) is 14.4. The van der Waals surface area contributed by atoms with Crippen molar-refractivity contribution in [2.24, 2.45) is 0 Å². The van der Waals surface area contributed by atoms with Gasteiger partial charge in [-0.15, -0.1) is 0 Å². The number of hydrogen-bond donors (Lipinski definition) is 1. The third-order valence-corrected chi connectivity index (χ3v) is 5.78. The maximum atomic E-state index is 2.28. The second-order valence-corrected chi connectivity index (χ2v) is 7.06. The topological polar surface area (TPSA) is 4.44 Å². The SMILES string of the molecule is C[NH+](c1ccc(C2=CC=CCC2)s1)c1cccc2ccccc12. The van der Waals surface area contributed by atoms with Gasteiger partial charge in [-0.1, -0.05) is 59.9 Å². The smallest absolute Gasteiger partial charge is 0.192 e. The molecule has 1 aliphatic carbocycles. The highest BCUT2D eigenvalue weighted by Gasteiger charge is 2.17. The van der Waals surface area contributed by atoms with Crippen molar-refractivity contribution in [2.45, 2.75) is 12.8 Å². The van der Waals surface area contributed by atoms with E-state index in [1.165, 1.54) is 36.8 Å². The zero-order valence-corrected chi connectivity index (χ0v) is 14.1. The molecule has 0 saturated carbocycles. The van der Waals surface area contributed by atoms with Gasteiger partial charge in [-0.3, -0.25) is 4.90 Å². The number of fused-ring (bicyclic) bond motifs is 1. The number of quaternary nitrogens is 1. The Morgan fingerprint density at radius 2 is 1.83 bits per heavy atom. The van der Waals surface area contributed by atoms with Gasteiger partial charge in [0, 0.05) is 22.4 Å². The fourth-order valence-corrected chi connectivity index (χ4v) is 4.28. The van der Waals surface area contributed by atoms with Crippen LogP contribution < -0.4 is 4.90 Å². The van der Waals surface area contributed by atoms with Gasteiger partial charge in [0.2, 0.25) is 0 Å². The Balaban J connectivity index is 1.71. The van der Waals surface area contributed by atoms with E-state index in [9.17, 15) is 0 Å². The van der Waals surface area contributed by atoms with Crippen molar-refractivity contribution in [1.82, 2.24) is 0 Å². The molecule has 1 atom stereocenters. The minimum absolute atomic E-state index is 1.16. The Bertz CT molecular complexity index is 896. The highest BCUT2D eigenvalue weighted by atomic mass is 32.1. The second-order valence-electron chi connectivity index (χ2n) is 5.97. The Hall–Kier alpha value is -2.16. The lowest BCUT2D eigenvalue weighted by atomic mass is 10.0. The quantitative estimate of drug-likeness (QED) is 0.684. The van der Waals surface area contributed by atoms with Crippen molar-refractivity contribution < 1.29 is 4.90 Å². The Labute approximate surface area is 141 Å². The molecular formula is C21H20NS+. The first-order valence-corrected chi connectivity index (χ1v) is 8.92. The summed E-state index contributed by atoms with van der Waals surface area (Å²) in [6, 6.07) is 19.8. The molecule has 0 fully saturated rings. The molecule has 4 rings (SSSR count). The van der Waals surface area contributed by atoms with Crippen molar-refractivity contribution in [3.8, 4) is 0 Å². The summed E-state index contributed by atoms with van der Waals surface area (Å²) in [5, 5.41) is 4.01. The molecule has 114 valence electrons. The number of rotatable bonds is 3. The van der Waals surface area contributed by atoms with E-state index in [1.54, 1.807) is 0 Å². The summed E-state index contributed by atoms with van der Waals surface area (Å²) in [4.78, 5) is 2.77. The lowest BCUT2D eigenvalue weighted by Gasteiger charge is -2.13. The third-order valence-electron chi connectivity index (χ3n) is 4.50. The molecule has 1 unspecified atom stereocenters. The molecule has 0 spiro atoms. The second kappa shape index (κ2) is 6.15. The average Bonchev–Trinajstić information content (AvgIpc) is 3.11. The summed E-state index contributed by atoms with van der Waals surface area (Å²) >= 11 is 1.91. The Morgan fingerprint density at radius 1 is 0.957 bits per heavy atom. The summed E-state index contributed by atoms with van der Waals surface area (Å²) in [5.41, 5.74) is 2.81. The van der Waals surface area contributed by atoms with Gasteiger partial charge in [0.25, 0.3) is 0 Å². The predicted octanol–water partition coefficient (Wildman–Crippen LogP) is 5.11. The van der Waals surface area contributed by atoms with Crippen LogP contribution in [0.5, 0.6) is 0 Å². The Kier molecular flexibility index (Phi) is 3.86. The van der Waals surface area contributed by atoms with Crippen LogP contribution in [0, 0.1) is 0 Å². The largest absolute Gasteiger partial charge is 0.263 e. The fourth-order valence-electron chi connectivity index (χ4n) is 3.21. The molecule has 3 aromatic rings. The van der Waals surface area contributed by atoms with Crippen LogP contribution >= 0.6 is 11.3 Å². The number of hydrogen-bond acceptors (Lipinski definition) is 1. The van der Waals surface area contributed by atoms with E-state index in [-0.39, 0.29) is 0 Å². The molecule has 0 saturated heterocycles. The summed E-state index contributed by atoms with van der Waals surface area (Å²) in [5.74, 6) is 0. The number of nitrogens with one attached hydrogen (secondary N) is 1. The average molecular weight is 318 g/mol. The van der Waals surface area contributed by atoms with E-state index in [4.69, 9.17) is 0 Å². The molecule has 2 heteroatoms. The van der Waals surface area contributed by atoms with Gasteiger partial charge in [-0.05, 0) is 35.9 Å². The number of benzene rings is 2. The van der Waals surface area contributed by atoms with Crippen LogP contribution in [0.1, 0.15) is 17.7 Å². The van der Waals surface area contributed by atoms with Crippen molar-refractivity contribution >= 4 is 38.4 Å². The highest BCUT2D eigenvalue weighted by molar-refractivity contribution is 7.16. The normalized spacial score (nSPS) is 15.6. The molecular weight excluding hydrogens is 298 g/mol. The lowest BCUT2D eigenvalue weighted by molar-refractivity contribution is -0.730. The van der Waals surface area contributed by atoms with Gasteiger partial charge in [-0.2, -0.15) is 0 Å². The standard InChI is InChI=1S/C21H19NS/c1-22(19-13-7-11-16-8-5-6-12-18(16)19)21-15-14-20(23-21)17-9-3-2-4-10-17/h2-3,5-9,11-15H,4,10H2,1H3/p+1. The first-order chi connectivity index (χ1) is 11.3. The van der Waals surface area contributed by atoms with Gasteiger partial charge in [0.05, 0.1) is 7.05 Å². The lowest BCUT2D eigenvalue weighted by Crippen LogP contribution is -2.98. The van der Waals surface area contributed by atoms with E-state index >= 15 is 0 Å². The highest BCUT2D eigenvalue weighted by Crippen LogP contribution is 2.31. The summed E-state index contributed by atoms with van der Waals surface area (Å²) < 4.78 is 0. The molecule has 23 heavy (non-hydrogen) atoms. The first-order valence-electron chi connectivity index (χ1n) is 8.11.